The van der Waals surface area contributed by atoms with Crippen LogP contribution >= 0.6 is 0 Å². The van der Waals surface area contributed by atoms with E-state index >= 15 is 0 Å². The molecule has 0 spiro atoms. The normalized spacial score (nSPS) is 22.0. The fraction of sp³-hybridized carbons (Fsp3) is 0.190. The Morgan fingerprint density at radius 3 is 2.28 bits per heavy atom. The Bertz CT molecular complexity index is 953. The van der Waals surface area contributed by atoms with Crippen LogP contribution in [0.2, 0.25) is 0 Å². The zero-order valence-corrected chi connectivity index (χ0v) is 13.6. The van der Waals surface area contributed by atoms with Crippen molar-refractivity contribution in [2.24, 2.45) is 5.92 Å². The van der Waals surface area contributed by atoms with Gasteiger partial charge in [-0.25, -0.2) is 4.39 Å². The van der Waals surface area contributed by atoms with Crippen molar-refractivity contribution in [3.8, 4) is 0 Å². The van der Waals surface area contributed by atoms with Gasteiger partial charge in [-0.2, -0.15) is 0 Å². The lowest BCUT2D eigenvalue weighted by Crippen LogP contribution is -2.34. The van der Waals surface area contributed by atoms with E-state index in [0.29, 0.717) is 22.3 Å². The van der Waals surface area contributed by atoms with Crippen molar-refractivity contribution in [2.75, 3.05) is 0 Å². The molecule has 3 nitrogen and oxygen atoms in total. The predicted octanol–water partition coefficient (Wildman–Crippen LogP) is 3.74. The number of rotatable bonds is 2. The molecule has 25 heavy (non-hydrogen) atoms. The van der Waals surface area contributed by atoms with Crippen molar-refractivity contribution in [2.45, 2.75) is 19.3 Å². The summed E-state index contributed by atoms with van der Waals surface area (Å²) in [7, 11) is 0. The molecule has 0 fully saturated rings. The van der Waals surface area contributed by atoms with E-state index in [1.807, 2.05) is 12.1 Å². The molecule has 0 radical (unpaired) electrons. The zero-order valence-electron chi connectivity index (χ0n) is 13.6. The van der Waals surface area contributed by atoms with Crippen LogP contribution in [-0.4, -0.2) is 17.3 Å². The first-order valence-corrected chi connectivity index (χ1v) is 8.15. The standard InChI is InChI=1S/C21H15FO3/c1-11(23)18-17(24)10-16-14-4-2-3-5-15(14)21(25)20(16)19(18)12-6-8-13(22)9-7-12/h2-9,18-19H,10H2,1H3. The van der Waals surface area contributed by atoms with Crippen LogP contribution in [0.5, 0.6) is 0 Å². The monoisotopic (exact) mass is 334 g/mol. The van der Waals surface area contributed by atoms with E-state index < -0.39 is 17.7 Å². The third kappa shape index (κ3) is 2.29. The molecule has 0 bridgehead atoms. The SMILES string of the molecule is CC(=O)C1C(=O)CC2=C(C(=O)c3ccccc32)C1c1ccc(F)cc1. The van der Waals surface area contributed by atoms with E-state index in [2.05, 4.69) is 0 Å². The molecule has 2 aromatic carbocycles. The number of carbonyl (C=O) groups excluding carboxylic acids is 3. The Morgan fingerprint density at radius 2 is 1.64 bits per heavy atom. The first kappa shape index (κ1) is 15.6. The number of carbonyl (C=O) groups is 3. The summed E-state index contributed by atoms with van der Waals surface area (Å²) in [6, 6.07) is 12.9. The Morgan fingerprint density at radius 1 is 1.00 bits per heavy atom. The van der Waals surface area contributed by atoms with Gasteiger partial charge in [0.15, 0.2) is 5.78 Å². The molecule has 0 amide bonds. The van der Waals surface area contributed by atoms with Gasteiger partial charge in [0.2, 0.25) is 0 Å². The summed E-state index contributed by atoms with van der Waals surface area (Å²) in [5.41, 5.74) is 3.16. The molecule has 0 aliphatic heterocycles. The van der Waals surface area contributed by atoms with Gasteiger partial charge >= 0.3 is 0 Å². The molecule has 2 unspecified atom stereocenters. The van der Waals surface area contributed by atoms with Gasteiger partial charge in [-0.3, -0.25) is 14.4 Å². The summed E-state index contributed by atoms with van der Waals surface area (Å²) in [5.74, 6) is -2.56. The van der Waals surface area contributed by atoms with Crippen molar-refractivity contribution in [1.82, 2.24) is 0 Å². The smallest absolute Gasteiger partial charge is 0.190 e. The van der Waals surface area contributed by atoms with Gasteiger partial charge in [0.1, 0.15) is 17.4 Å². The molecule has 0 N–H and O–H groups in total. The van der Waals surface area contributed by atoms with Crippen molar-refractivity contribution in [1.29, 1.82) is 0 Å². The highest BCUT2D eigenvalue weighted by molar-refractivity contribution is 6.26. The number of allylic oxidation sites excluding steroid dienone is 2. The number of fused-ring (bicyclic) bond motifs is 2. The molecule has 4 rings (SSSR count). The summed E-state index contributed by atoms with van der Waals surface area (Å²) < 4.78 is 13.3. The molecule has 4 heteroatoms. The number of halogens is 1. The summed E-state index contributed by atoms with van der Waals surface area (Å²) in [5, 5.41) is 0. The largest absolute Gasteiger partial charge is 0.299 e. The molecule has 2 aliphatic carbocycles. The summed E-state index contributed by atoms with van der Waals surface area (Å²) in [6.07, 6.45) is 0.0834. The molecular formula is C21H15FO3. The number of hydrogen-bond donors (Lipinski definition) is 0. The summed E-state index contributed by atoms with van der Waals surface area (Å²) in [4.78, 5) is 37.9. The fourth-order valence-corrected chi connectivity index (χ4v) is 4.02. The Balaban J connectivity index is 1.95. The molecule has 0 saturated heterocycles. The second-order valence-corrected chi connectivity index (χ2v) is 6.53. The highest BCUT2D eigenvalue weighted by Crippen LogP contribution is 2.49. The first-order chi connectivity index (χ1) is 12.0. The van der Waals surface area contributed by atoms with Gasteiger partial charge in [0.25, 0.3) is 0 Å². The minimum Gasteiger partial charge on any atom is -0.299 e. The first-order valence-electron chi connectivity index (χ1n) is 8.15. The molecule has 0 saturated carbocycles. The lowest BCUT2D eigenvalue weighted by atomic mass is 9.69. The van der Waals surface area contributed by atoms with Crippen molar-refractivity contribution in [3.63, 3.8) is 0 Å². The second-order valence-electron chi connectivity index (χ2n) is 6.53. The van der Waals surface area contributed by atoms with Crippen LogP contribution in [0.25, 0.3) is 5.57 Å². The van der Waals surface area contributed by atoms with Crippen LogP contribution in [-0.2, 0) is 9.59 Å². The van der Waals surface area contributed by atoms with Crippen molar-refractivity contribution in [3.05, 3.63) is 76.6 Å². The van der Waals surface area contributed by atoms with Crippen LogP contribution < -0.4 is 0 Å². The lowest BCUT2D eigenvalue weighted by Gasteiger charge is -2.30. The summed E-state index contributed by atoms with van der Waals surface area (Å²) >= 11 is 0. The minimum atomic E-state index is -0.900. The number of hydrogen-bond acceptors (Lipinski definition) is 3. The number of ketones is 3. The van der Waals surface area contributed by atoms with Crippen LogP contribution in [0.15, 0.2) is 54.1 Å². The quantitative estimate of drug-likeness (QED) is 0.786. The molecule has 124 valence electrons. The van der Waals surface area contributed by atoms with E-state index in [0.717, 1.165) is 5.56 Å². The van der Waals surface area contributed by atoms with Gasteiger partial charge in [-0.05, 0) is 35.8 Å². The van der Waals surface area contributed by atoms with E-state index in [1.54, 1.807) is 24.3 Å². The van der Waals surface area contributed by atoms with E-state index in [1.165, 1.54) is 19.1 Å². The zero-order chi connectivity index (χ0) is 17.7. The summed E-state index contributed by atoms with van der Waals surface area (Å²) in [6.45, 7) is 1.37. The third-order valence-electron chi connectivity index (χ3n) is 5.08. The van der Waals surface area contributed by atoms with Gasteiger partial charge in [0.05, 0.1) is 5.92 Å². The minimum absolute atomic E-state index is 0.0834. The molecular weight excluding hydrogens is 319 g/mol. The molecule has 0 heterocycles. The lowest BCUT2D eigenvalue weighted by molar-refractivity contribution is -0.131. The van der Waals surface area contributed by atoms with Crippen LogP contribution in [0.1, 0.15) is 40.7 Å². The van der Waals surface area contributed by atoms with Crippen LogP contribution in [0.3, 0.4) is 0 Å². The van der Waals surface area contributed by atoms with Crippen molar-refractivity contribution < 1.29 is 18.8 Å². The van der Waals surface area contributed by atoms with Crippen LogP contribution in [0, 0.1) is 11.7 Å². The number of Topliss-reactive ketones (excluding diaryl/α,β-unsaturated/α-hetero) is 3. The molecule has 2 aromatic rings. The second kappa shape index (κ2) is 5.59. The average Bonchev–Trinajstić information content (AvgIpc) is 2.87. The van der Waals surface area contributed by atoms with Gasteiger partial charge in [0, 0.05) is 23.5 Å². The van der Waals surface area contributed by atoms with E-state index in [-0.39, 0.29) is 23.8 Å². The number of benzene rings is 2. The predicted molar refractivity (Wildman–Crippen MR) is 90.6 cm³/mol. The maximum atomic E-state index is 13.3. The van der Waals surface area contributed by atoms with Crippen molar-refractivity contribution >= 4 is 22.9 Å². The van der Waals surface area contributed by atoms with Gasteiger partial charge < -0.3 is 0 Å². The topological polar surface area (TPSA) is 51.2 Å². The maximum absolute atomic E-state index is 13.3. The van der Waals surface area contributed by atoms with E-state index in [4.69, 9.17) is 0 Å². The highest BCUT2D eigenvalue weighted by atomic mass is 19.1. The highest BCUT2D eigenvalue weighted by Gasteiger charge is 2.46. The van der Waals surface area contributed by atoms with Gasteiger partial charge in [-0.1, -0.05) is 36.4 Å². The Labute approximate surface area is 144 Å². The fourth-order valence-electron chi connectivity index (χ4n) is 4.02. The third-order valence-corrected chi connectivity index (χ3v) is 5.08. The average molecular weight is 334 g/mol. The Hall–Kier alpha value is -2.88. The van der Waals surface area contributed by atoms with Crippen LogP contribution in [0.4, 0.5) is 4.39 Å². The molecule has 2 atom stereocenters. The van der Waals surface area contributed by atoms with E-state index in [9.17, 15) is 18.8 Å². The molecule has 2 aliphatic rings. The van der Waals surface area contributed by atoms with Gasteiger partial charge in [-0.15, -0.1) is 0 Å². The Kier molecular flexibility index (Phi) is 3.49. The maximum Gasteiger partial charge on any atom is 0.190 e. The molecule has 0 aromatic heterocycles.